The van der Waals surface area contributed by atoms with Gasteiger partial charge in [0.05, 0.1) is 0 Å². The summed E-state index contributed by atoms with van der Waals surface area (Å²) < 4.78 is 0.683. The predicted molar refractivity (Wildman–Crippen MR) is 82.6 cm³/mol. The van der Waals surface area contributed by atoms with Crippen LogP contribution in [-0.4, -0.2) is 40.7 Å². The number of hydrogen-bond acceptors (Lipinski definition) is 3. The van der Waals surface area contributed by atoms with Gasteiger partial charge < -0.3 is 0 Å². The Hall–Kier alpha value is 0.464. The minimum atomic E-state index is -3.58. The molecule has 3 nitrogen and oxygen atoms in total. The summed E-state index contributed by atoms with van der Waals surface area (Å²) in [5.74, 6) is 0. The monoisotopic (exact) mass is 343 g/mol. The van der Waals surface area contributed by atoms with E-state index in [1.54, 1.807) is 0 Å². The van der Waals surface area contributed by atoms with Crippen molar-refractivity contribution in [3.8, 4) is 0 Å². The van der Waals surface area contributed by atoms with Crippen LogP contribution in [0.2, 0.25) is 47.1 Å². The molecule has 10 rings (SSSR count). The molecule has 10 heterocycles. The standard InChI is InChI=1S/C12H21BNO2.C5H5.Fe/c1-9(2)14(10(3)4)8-11-6-5-7-12(11)13(15)16;1-2-4-5-3-1;/h5-7,9-10,15-16H,8H2,1-4H3;1-5H;. The molecule has 10 fully saturated rings. The topological polar surface area (TPSA) is 43.7 Å². The van der Waals surface area contributed by atoms with Gasteiger partial charge in [0.15, 0.2) is 0 Å². The van der Waals surface area contributed by atoms with Gasteiger partial charge in [-0.05, 0) is 0 Å². The van der Waals surface area contributed by atoms with Gasteiger partial charge in [-0.1, -0.05) is 0 Å². The number of fused-ring (bicyclic) bond motifs is 10. The molecule has 122 valence electrons. The van der Waals surface area contributed by atoms with E-state index in [1.807, 2.05) is 0 Å². The second-order valence-corrected chi connectivity index (χ2v) is 36.6. The van der Waals surface area contributed by atoms with Crippen molar-refractivity contribution in [3.63, 3.8) is 0 Å². The summed E-state index contributed by atoms with van der Waals surface area (Å²) >= 11 is 0. The Labute approximate surface area is 122 Å². The Morgan fingerprint density at radius 3 is 1.68 bits per heavy atom. The summed E-state index contributed by atoms with van der Waals surface area (Å²) in [5.41, 5.74) is 0. The summed E-state index contributed by atoms with van der Waals surface area (Å²) in [6.07, 6.45) is 0. The van der Waals surface area contributed by atoms with Gasteiger partial charge in [-0.25, -0.2) is 0 Å². The molecule has 1 spiro atoms. The van der Waals surface area contributed by atoms with Gasteiger partial charge >= 0.3 is 122 Å². The zero-order valence-corrected chi connectivity index (χ0v) is 14.9. The first-order chi connectivity index (χ1) is 10.1. The van der Waals surface area contributed by atoms with Crippen LogP contribution in [0.5, 0.6) is 0 Å². The van der Waals surface area contributed by atoms with Crippen LogP contribution in [0.1, 0.15) is 27.7 Å². The number of rotatable bonds is 5. The van der Waals surface area contributed by atoms with Gasteiger partial charge in [0.1, 0.15) is 0 Å². The molecule has 0 amide bonds. The summed E-state index contributed by atoms with van der Waals surface area (Å²) in [4.78, 5) is 11.7. The second-order valence-electron chi connectivity index (χ2n) is 13.2. The minimum absolute atomic E-state index is 0.161. The first kappa shape index (κ1) is 10.5. The molecule has 10 aliphatic heterocycles. The number of hydrogen-bond donors (Lipinski definition) is 2. The number of nitrogens with zero attached hydrogens (tertiary/aromatic N) is 1. The van der Waals surface area contributed by atoms with E-state index in [4.69, 9.17) is 0 Å². The van der Waals surface area contributed by atoms with Crippen molar-refractivity contribution in [2.45, 2.75) is 86.8 Å². The Balaban J connectivity index is 1.35. The van der Waals surface area contributed by atoms with E-state index in [-0.39, 0.29) is 4.21 Å². The Morgan fingerprint density at radius 1 is 0.909 bits per heavy atom. The molecule has 5 unspecified atom stereocenters. The van der Waals surface area contributed by atoms with Gasteiger partial charge in [0.25, 0.3) is 0 Å². The Kier molecular flexibility index (Phi) is 0.479. The van der Waals surface area contributed by atoms with E-state index in [2.05, 4.69) is 32.6 Å². The van der Waals surface area contributed by atoms with Crippen molar-refractivity contribution in [3.05, 3.63) is 0 Å². The SMILES string of the molecule is CC(C)N(C[C]12[CH]3[CH]4[CH]5[C]1(B(O)O)[Fe]43521678[CH]2[CH]1[CH]6[CH]7[CH]28)C(C)C. The van der Waals surface area contributed by atoms with Crippen LogP contribution in [0.4, 0.5) is 0 Å². The Bertz CT molecular complexity index is 1080. The van der Waals surface area contributed by atoms with Crippen LogP contribution in [0.3, 0.4) is 0 Å². The van der Waals surface area contributed by atoms with Crippen LogP contribution in [0, 0.1) is 0 Å². The quantitative estimate of drug-likeness (QED) is 0.754. The fourth-order valence-corrected chi connectivity index (χ4v) is 96.4. The summed E-state index contributed by atoms with van der Waals surface area (Å²) in [6, 6.07) is 1.18. The molecule has 5 atom stereocenters. The Morgan fingerprint density at radius 2 is 1.41 bits per heavy atom. The van der Waals surface area contributed by atoms with Crippen molar-refractivity contribution in [2.24, 2.45) is 0 Å². The van der Waals surface area contributed by atoms with E-state index < -0.39 is 13.6 Å². The molecule has 0 radical (unpaired) electrons. The molecule has 10 saturated heterocycles. The zero-order chi connectivity index (χ0) is 15.0. The molecule has 2 N–H and O–H groups in total. The fraction of sp³-hybridized carbons (Fsp3) is 1.00. The van der Waals surface area contributed by atoms with Crippen molar-refractivity contribution >= 4 is 7.12 Å². The normalized spacial score (nSPS) is 99.0. The van der Waals surface area contributed by atoms with Crippen LogP contribution in [-0.2, 0) is 6.51 Å². The molecule has 0 aromatic rings. The second kappa shape index (κ2) is 1.01. The first-order valence-electron chi connectivity index (χ1n) is 9.45. The summed E-state index contributed by atoms with van der Waals surface area (Å²) in [6.45, 7) is 7.03. The van der Waals surface area contributed by atoms with Crippen LogP contribution in [0.15, 0.2) is 0 Å². The molecular weight excluding hydrogens is 317 g/mol. The molecule has 5 heteroatoms. The van der Waals surface area contributed by atoms with E-state index in [1.165, 1.54) is 6.54 Å². The third kappa shape index (κ3) is 0.128. The zero-order valence-electron chi connectivity index (χ0n) is 13.8. The summed E-state index contributed by atoms with van der Waals surface area (Å²) in [5, 5.41) is 21.4. The fourth-order valence-electron chi connectivity index (χ4n) is 19.6. The summed E-state index contributed by atoms with van der Waals surface area (Å²) in [7, 11) is -0.947. The molecule has 0 aliphatic carbocycles. The molecule has 0 aromatic carbocycles. The van der Waals surface area contributed by atoms with Crippen molar-refractivity contribution in [2.75, 3.05) is 6.54 Å². The third-order valence-electron chi connectivity index (χ3n) is 17.4. The predicted octanol–water partition coefficient (Wildman–Crippen LogP) is 3.25. The van der Waals surface area contributed by atoms with Crippen molar-refractivity contribution in [1.29, 1.82) is 0 Å². The van der Waals surface area contributed by atoms with Gasteiger partial charge in [-0.3, -0.25) is 0 Å². The molecular formula is C17H26BFeNO2. The van der Waals surface area contributed by atoms with E-state index >= 15 is 0 Å². The molecule has 22 heavy (non-hydrogen) atoms. The van der Waals surface area contributed by atoms with E-state index in [0.29, 0.717) is 16.4 Å². The third-order valence-corrected chi connectivity index (χ3v) is 61.0. The van der Waals surface area contributed by atoms with Gasteiger partial charge in [0.2, 0.25) is 0 Å². The average molecular weight is 343 g/mol. The first-order valence-corrected chi connectivity index (χ1v) is 15.7. The van der Waals surface area contributed by atoms with Gasteiger partial charge in [-0.15, -0.1) is 0 Å². The van der Waals surface area contributed by atoms with Crippen LogP contribution >= 0.6 is 0 Å². The molecule has 0 saturated carbocycles. The van der Waals surface area contributed by atoms with Crippen molar-refractivity contribution < 1.29 is 16.6 Å². The van der Waals surface area contributed by atoms with Gasteiger partial charge in [-0.2, -0.15) is 0 Å². The maximum atomic E-state index is 10.7. The van der Waals surface area contributed by atoms with Crippen LogP contribution < -0.4 is 0 Å². The maximum absolute atomic E-state index is 10.7. The molecule has 10 aliphatic rings. The van der Waals surface area contributed by atoms with Crippen molar-refractivity contribution in [1.82, 2.24) is 4.90 Å². The van der Waals surface area contributed by atoms with Crippen LogP contribution in [0.25, 0.3) is 0 Å². The molecule has 0 bridgehead atoms. The van der Waals surface area contributed by atoms with Gasteiger partial charge in [0, 0.05) is 0 Å². The van der Waals surface area contributed by atoms with E-state index in [9.17, 15) is 10.0 Å². The molecule has 0 aromatic heterocycles. The average Bonchev–Trinajstić information content (AvgIpc) is 3.36. The van der Waals surface area contributed by atoms with E-state index in [0.717, 1.165) is 38.5 Å².